The molecule has 0 saturated heterocycles. The second-order valence-electron chi connectivity index (χ2n) is 6.81. The van der Waals surface area contributed by atoms with E-state index in [4.69, 9.17) is 0 Å². The van der Waals surface area contributed by atoms with Gasteiger partial charge in [-0.05, 0) is 50.0 Å². The average molecular weight is 312 g/mol. The first kappa shape index (κ1) is 16.2. The van der Waals surface area contributed by atoms with Gasteiger partial charge in [0.05, 0.1) is 18.1 Å². The normalized spacial score (nSPS) is 19.3. The molecule has 0 bridgehead atoms. The van der Waals surface area contributed by atoms with Crippen molar-refractivity contribution in [2.45, 2.75) is 71.3 Å². The van der Waals surface area contributed by atoms with Crippen molar-refractivity contribution in [2.24, 2.45) is 5.92 Å². The van der Waals surface area contributed by atoms with Crippen LogP contribution in [0.2, 0.25) is 0 Å². The molecule has 1 aromatic rings. The molecule has 1 fully saturated rings. The Balaban J connectivity index is 2.05. The molecule has 3 heteroatoms. The Morgan fingerprint density at radius 1 is 1.30 bits per heavy atom. The van der Waals surface area contributed by atoms with Crippen LogP contribution < -0.4 is 5.56 Å². The van der Waals surface area contributed by atoms with Gasteiger partial charge < -0.3 is 0 Å². The highest BCUT2D eigenvalue weighted by Gasteiger charge is 2.32. The summed E-state index contributed by atoms with van der Waals surface area (Å²) in [6.45, 7) is 4.22. The van der Waals surface area contributed by atoms with Crippen LogP contribution in [0, 0.1) is 5.92 Å². The Kier molecular flexibility index (Phi) is 5.14. The topological polar surface area (TPSA) is 34.9 Å². The molecule has 1 unspecified atom stereocenters. The summed E-state index contributed by atoms with van der Waals surface area (Å²) >= 11 is 0. The molecule has 1 atom stereocenters. The summed E-state index contributed by atoms with van der Waals surface area (Å²) in [6.07, 6.45) is 17.2. The van der Waals surface area contributed by atoms with Crippen LogP contribution in [0.4, 0.5) is 0 Å². The van der Waals surface area contributed by atoms with E-state index in [1.54, 1.807) is 0 Å². The molecule has 3 nitrogen and oxygen atoms in total. The molecule has 0 amide bonds. The highest BCUT2D eigenvalue weighted by atomic mass is 16.1. The molecule has 1 saturated carbocycles. The molecule has 2 aliphatic carbocycles. The van der Waals surface area contributed by atoms with E-state index in [1.165, 1.54) is 24.8 Å². The number of rotatable bonds is 6. The summed E-state index contributed by atoms with van der Waals surface area (Å²) < 4.78 is 1.94. The molecule has 0 radical (unpaired) electrons. The van der Waals surface area contributed by atoms with Gasteiger partial charge in [-0.25, -0.2) is 4.98 Å². The molecular weight excluding hydrogens is 284 g/mol. The van der Waals surface area contributed by atoms with Crippen LogP contribution >= 0.6 is 0 Å². The Morgan fingerprint density at radius 3 is 2.70 bits per heavy atom. The van der Waals surface area contributed by atoms with Gasteiger partial charge in [0, 0.05) is 5.56 Å². The van der Waals surface area contributed by atoms with Gasteiger partial charge >= 0.3 is 0 Å². The van der Waals surface area contributed by atoms with Gasteiger partial charge in [-0.15, -0.1) is 0 Å². The van der Waals surface area contributed by atoms with Crippen molar-refractivity contribution >= 4 is 0 Å². The number of hydrogen-bond donors (Lipinski definition) is 0. The Bertz CT molecular complexity index is 665. The fraction of sp³-hybridized carbons (Fsp3) is 0.600. The number of nitrogens with zero attached hydrogens (tertiary/aromatic N) is 2. The number of hydrogen-bond acceptors (Lipinski definition) is 2. The number of allylic oxidation sites excluding steroid dienone is 4. The zero-order valence-corrected chi connectivity index (χ0v) is 14.4. The van der Waals surface area contributed by atoms with E-state index in [1.807, 2.05) is 10.9 Å². The summed E-state index contributed by atoms with van der Waals surface area (Å²) in [5.74, 6) is 0.588. The second kappa shape index (κ2) is 7.29. The monoisotopic (exact) mass is 312 g/mol. The lowest BCUT2D eigenvalue weighted by Crippen LogP contribution is -2.36. The van der Waals surface area contributed by atoms with Crippen molar-refractivity contribution in [1.29, 1.82) is 0 Å². The first-order chi connectivity index (χ1) is 11.3. The van der Waals surface area contributed by atoms with Gasteiger partial charge in [-0.3, -0.25) is 9.36 Å². The maximum Gasteiger partial charge on any atom is 0.257 e. The third-order valence-corrected chi connectivity index (χ3v) is 5.28. The van der Waals surface area contributed by atoms with Crippen molar-refractivity contribution in [1.82, 2.24) is 9.55 Å². The highest BCUT2D eigenvalue weighted by molar-refractivity contribution is 5.29. The first-order valence-corrected chi connectivity index (χ1v) is 9.21. The Labute approximate surface area is 139 Å². The highest BCUT2D eigenvalue weighted by Crippen LogP contribution is 2.41. The molecule has 0 spiro atoms. The Morgan fingerprint density at radius 2 is 2.13 bits per heavy atom. The quantitative estimate of drug-likeness (QED) is 0.781. The summed E-state index contributed by atoms with van der Waals surface area (Å²) in [4.78, 5) is 17.8. The van der Waals surface area contributed by atoms with E-state index in [-0.39, 0.29) is 11.6 Å². The molecule has 1 heterocycles. The SMILES string of the molecule is CCCc1c(CC)ncn(C(C2=CCCC=C2)C2CCC2)c1=O. The van der Waals surface area contributed by atoms with Crippen molar-refractivity contribution < 1.29 is 0 Å². The maximum absolute atomic E-state index is 13.1. The van der Waals surface area contributed by atoms with Crippen LogP contribution in [0.25, 0.3) is 0 Å². The lowest BCUT2D eigenvalue weighted by molar-refractivity contribution is 0.231. The minimum atomic E-state index is 0.182. The van der Waals surface area contributed by atoms with Crippen LogP contribution in [0.5, 0.6) is 0 Å². The van der Waals surface area contributed by atoms with Crippen molar-refractivity contribution in [2.75, 3.05) is 0 Å². The molecular formula is C20H28N2O. The summed E-state index contributed by atoms with van der Waals surface area (Å²) in [6, 6.07) is 0.182. The van der Waals surface area contributed by atoms with Crippen LogP contribution in [-0.2, 0) is 12.8 Å². The molecule has 124 valence electrons. The van der Waals surface area contributed by atoms with Gasteiger partial charge in [0.2, 0.25) is 0 Å². The van der Waals surface area contributed by atoms with E-state index in [2.05, 4.69) is 37.1 Å². The maximum atomic E-state index is 13.1. The Hall–Kier alpha value is -1.64. The average Bonchev–Trinajstić information content (AvgIpc) is 2.54. The fourth-order valence-electron chi connectivity index (χ4n) is 3.81. The molecule has 23 heavy (non-hydrogen) atoms. The predicted octanol–water partition coefficient (Wildman–Crippen LogP) is 4.38. The number of aromatic nitrogens is 2. The first-order valence-electron chi connectivity index (χ1n) is 9.21. The molecule has 0 aliphatic heterocycles. The minimum absolute atomic E-state index is 0.182. The molecule has 1 aromatic heterocycles. The lowest BCUT2D eigenvalue weighted by atomic mass is 9.76. The van der Waals surface area contributed by atoms with Gasteiger partial charge in [-0.2, -0.15) is 0 Å². The van der Waals surface area contributed by atoms with E-state index >= 15 is 0 Å². The third-order valence-electron chi connectivity index (χ3n) is 5.28. The van der Waals surface area contributed by atoms with E-state index in [9.17, 15) is 4.79 Å². The molecule has 3 rings (SSSR count). The van der Waals surface area contributed by atoms with Crippen LogP contribution in [0.3, 0.4) is 0 Å². The largest absolute Gasteiger partial charge is 0.291 e. The van der Waals surface area contributed by atoms with E-state index in [0.717, 1.165) is 43.4 Å². The summed E-state index contributed by atoms with van der Waals surface area (Å²) in [7, 11) is 0. The molecule has 0 aromatic carbocycles. The van der Waals surface area contributed by atoms with Crippen molar-refractivity contribution in [3.8, 4) is 0 Å². The van der Waals surface area contributed by atoms with Gasteiger partial charge in [0.1, 0.15) is 0 Å². The molecule has 2 aliphatic rings. The van der Waals surface area contributed by atoms with E-state index < -0.39 is 0 Å². The number of aryl methyl sites for hydroxylation is 1. The summed E-state index contributed by atoms with van der Waals surface area (Å²) in [5, 5.41) is 0. The van der Waals surface area contributed by atoms with Crippen LogP contribution in [-0.4, -0.2) is 9.55 Å². The minimum Gasteiger partial charge on any atom is -0.291 e. The lowest BCUT2D eigenvalue weighted by Gasteiger charge is -2.36. The van der Waals surface area contributed by atoms with Gasteiger partial charge in [0.15, 0.2) is 0 Å². The van der Waals surface area contributed by atoms with E-state index in [0.29, 0.717) is 5.92 Å². The second-order valence-corrected chi connectivity index (χ2v) is 6.81. The van der Waals surface area contributed by atoms with Crippen LogP contribution in [0.1, 0.15) is 69.7 Å². The van der Waals surface area contributed by atoms with Gasteiger partial charge in [0.25, 0.3) is 5.56 Å². The smallest absolute Gasteiger partial charge is 0.257 e. The third kappa shape index (κ3) is 3.19. The molecule has 0 N–H and O–H groups in total. The standard InChI is InChI=1S/C20H28N2O/c1-3-9-17-18(4-2)21-14-22(20(17)23)19(16-12-8-13-16)15-10-6-5-7-11-15/h6,10-11,14,16,19H,3-5,7-9,12-13H2,1-2H3. The fourth-order valence-corrected chi connectivity index (χ4v) is 3.81. The van der Waals surface area contributed by atoms with Crippen molar-refractivity contribution in [3.05, 3.63) is 51.7 Å². The van der Waals surface area contributed by atoms with Gasteiger partial charge in [-0.1, -0.05) is 44.9 Å². The van der Waals surface area contributed by atoms with Crippen molar-refractivity contribution in [3.63, 3.8) is 0 Å². The summed E-state index contributed by atoms with van der Waals surface area (Å²) in [5.41, 5.74) is 3.42. The van der Waals surface area contributed by atoms with Crippen LogP contribution in [0.15, 0.2) is 34.9 Å². The predicted molar refractivity (Wildman–Crippen MR) is 94.7 cm³/mol. The zero-order valence-electron chi connectivity index (χ0n) is 14.4. The zero-order chi connectivity index (χ0) is 16.2.